The van der Waals surface area contributed by atoms with Crippen LogP contribution >= 0.6 is 11.6 Å². The number of carbonyl (C=O) groups excluding carboxylic acids is 5. The maximum absolute atomic E-state index is 14.1. The molecule has 4 fully saturated rings. The fraction of sp³-hybridized carbons (Fsp3) is 0.536. The number of ketones is 1. The summed E-state index contributed by atoms with van der Waals surface area (Å²) in [4.78, 5) is 71.6. The van der Waals surface area contributed by atoms with Crippen molar-refractivity contribution in [2.45, 2.75) is 63.9 Å². The minimum absolute atomic E-state index is 0.0122. The van der Waals surface area contributed by atoms with E-state index in [1.165, 1.54) is 34.9 Å². The van der Waals surface area contributed by atoms with Gasteiger partial charge in [0.15, 0.2) is 0 Å². The molecular weight excluding hydrogens is 543 g/mol. The van der Waals surface area contributed by atoms with Gasteiger partial charge in [-0.05, 0) is 68.7 Å². The number of benzene rings is 1. The monoisotopic (exact) mass is 572 g/mol. The largest absolute Gasteiger partial charge is 0.460 e. The quantitative estimate of drug-likeness (QED) is 0.312. The average molecular weight is 573 g/mol. The first-order valence-electron chi connectivity index (χ1n) is 13.6. The van der Waals surface area contributed by atoms with Gasteiger partial charge in [0.1, 0.15) is 35.2 Å². The Balaban J connectivity index is 1.34. The molecular formula is C28H30ClFN4O6. The number of fused-ring (bicyclic) bond motifs is 5. The van der Waals surface area contributed by atoms with Crippen LogP contribution in [0.5, 0.6) is 0 Å². The molecule has 2 saturated heterocycles. The highest BCUT2D eigenvalue weighted by Gasteiger charge is 2.72. The Bertz CT molecular complexity index is 1400. The lowest BCUT2D eigenvalue weighted by atomic mass is 9.81. The van der Waals surface area contributed by atoms with E-state index in [0.29, 0.717) is 23.5 Å². The Morgan fingerprint density at radius 3 is 2.60 bits per heavy atom. The van der Waals surface area contributed by atoms with E-state index < -0.39 is 59.0 Å². The molecule has 1 aromatic carbocycles. The highest BCUT2D eigenvalue weighted by Crippen LogP contribution is 2.64. The summed E-state index contributed by atoms with van der Waals surface area (Å²) in [6.45, 7) is 3.50. The molecule has 3 aliphatic heterocycles. The molecule has 6 atom stereocenters. The number of piperidine rings is 1. The lowest BCUT2D eigenvalue weighted by molar-refractivity contribution is -0.160. The Labute approximate surface area is 235 Å². The van der Waals surface area contributed by atoms with Gasteiger partial charge in [-0.25, -0.2) is 4.39 Å². The lowest BCUT2D eigenvalue weighted by Crippen LogP contribution is -2.61. The van der Waals surface area contributed by atoms with Crippen molar-refractivity contribution in [3.63, 3.8) is 0 Å². The number of rotatable bonds is 6. The first-order chi connectivity index (χ1) is 19.0. The molecule has 6 rings (SSSR count). The topological polar surface area (TPSA) is 130 Å². The van der Waals surface area contributed by atoms with Crippen molar-refractivity contribution in [3.05, 3.63) is 45.9 Å². The molecule has 0 radical (unpaired) electrons. The van der Waals surface area contributed by atoms with Crippen LogP contribution in [0.4, 0.5) is 4.39 Å². The van der Waals surface area contributed by atoms with Crippen LogP contribution in [0.2, 0.25) is 5.02 Å². The lowest BCUT2D eigenvalue weighted by Gasteiger charge is -2.45. The van der Waals surface area contributed by atoms with E-state index in [4.69, 9.17) is 22.1 Å². The Hall–Kier alpha value is -3.31. The number of hydrogen-bond acceptors (Lipinski definition) is 7. The number of halogens is 2. The van der Waals surface area contributed by atoms with Crippen LogP contribution < -0.4 is 5.73 Å². The molecule has 1 aromatic rings. The fourth-order valence-corrected chi connectivity index (χ4v) is 7.26. The predicted octanol–water partition coefficient (Wildman–Crippen LogP) is 1.74. The molecule has 0 aromatic heterocycles. The fourth-order valence-electron chi connectivity index (χ4n) is 7.06. The zero-order valence-electron chi connectivity index (χ0n) is 22.2. The van der Waals surface area contributed by atoms with E-state index in [9.17, 15) is 28.4 Å². The van der Waals surface area contributed by atoms with Gasteiger partial charge in [-0.2, -0.15) is 0 Å². The third-order valence-corrected chi connectivity index (χ3v) is 9.24. The summed E-state index contributed by atoms with van der Waals surface area (Å²) in [5, 5.41) is -0.0814. The van der Waals surface area contributed by atoms with Crippen molar-refractivity contribution in [2.24, 2.45) is 23.5 Å². The summed E-state index contributed by atoms with van der Waals surface area (Å²) in [6, 6.07) is 3.30. The highest BCUT2D eigenvalue weighted by molar-refractivity contribution is 6.44. The van der Waals surface area contributed by atoms with Crippen LogP contribution in [0.1, 0.15) is 45.1 Å². The van der Waals surface area contributed by atoms with Gasteiger partial charge in [0.2, 0.25) is 11.7 Å². The molecule has 2 aliphatic carbocycles. The van der Waals surface area contributed by atoms with Crippen molar-refractivity contribution >= 4 is 41.1 Å². The molecule has 212 valence electrons. The van der Waals surface area contributed by atoms with E-state index in [2.05, 4.69) is 0 Å². The summed E-state index contributed by atoms with van der Waals surface area (Å²) in [6.07, 6.45) is 1.67. The number of esters is 1. The molecule has 10 nitrogen and oxygen atoms in total. The molecule has 12 heteroatoms. The number of nitrogens with two attached hydrogens (primary N) is 1. The molecule has 3 heterocycles. The first kappa shape index (κ1) is 26.9. The number of likely N-dealkylation sites (tertiary alicyclic amines) is 1. The standard InChI is InChI=1S/C28H30ClFN4O6/c1-13(40-27(39)14(2)31)11-33-25(37)22-17-6-8-32(12-15-3-4-20(30)19(29)9-15)24(36)21(17)23(35)26(38)34(22)28(33)7-5-16-10-18(16)28/h3-4,9,13-14,16,18,21H,5-8,10-12,31H2,1-2H3/t13-,14-,16-,18+,21?,28+/m0/s1. The highest BCUT2D eigenvalue weighted by atomic mass is 35.5. The summed E-state index contributed by atoms with van der Waals surface area (Å²) in [7, 11) is 0. The zero-order valence-corrected chi connectivity index (χ0v) is 22.9. The van der Waals surface area contributed by atoms with Crippen LogP contribution in [-0.2, 0) is 35.3 Å². The molecule has 3 amide bonds. The van der Waals surface area contributed by atoms with Gasteiger partial charge in [-0.1, -0.05) is 17.7 Å². The molecule has 1 unspecified atom stereocenters. The molecule has 1 spiro atoms. The summed E-state index contributed by atoms with van der Waals surface area (Å²) in [5.41, 5.74) is 5.68. The molecule has 2 N–H and O–H groups in total. The van der Waals surface area contributed by atoms with E-state index in [1.807, 2.05) is 0 Å². The maximum atomic E-state index is 14.1. The molecule has 0 bridgehead atoms. The van der Waals surface area contributed by atoms with Gasteiger partial charge >= 0.3 is 5.97 Å². The molecule has 2 saturated carbocycles. The number of ether oxygens (including phenoxy) is 1. The van der Waals surface area contributed by atoms with Crippen LogP contribution in [0.15, 0.2) is 29.5 Å². The van der Waals surface area contributed by atoms with Gasteiger partial charge in [0.05, 0.1) is 11.6 Å². The normalized spacial score (nSPS) is 30.5. The number of hydrogen-bond donors (Lipinski definition) is 1. The van der Waals surface area contributed by atoms with Crippen molar-refractivity contribution in [1.82, 2.24) is 14.7 Å². The number of carbonyl (C=O) groups is 5. The minimum Gasteiger partial charge on any atom is -0.460 e. The Morgan fingerprint density at radius 2 is 1.98 bits per heavy atom. The van der Waals surface area contributed by atoms with Crippen LogP contribution in [0.3, 0.4) is 0 Å². The second kappa shape index (κ2) is 9.37. The SMILES string of the molecule is C[C@H](N)C(=O)O[C@@H](C)CN1C(=O)C2=C3CCN(Cc4ccc(F)c(Cl)c4)C(=O)C3C(=O)C(=O)N2[C@@]12CC[C@H]1C[C@H]12. The summed E-state index contributed by atoms with van der Waals surface area (Å²) < 4.78 is 19.1. The van der Waals surface area contributed by atoms with E-state index in [-0.39, 0.29) is 42.7 Å². The Kier molecular flexibility index (Phi) is 6.30. The van der Waals surface area contributed by atoms with Gasteiger partial charge in [0, 0.05) is 19.0 Å². The van der Waals surface area contributed by atoms with Crippen molar-refractivity contribution in [3.8, 4) is 0 Å². The van der Waals surface area contributed by atoms with Crippen LogP contribution in [0.25, 0.3) is 0 Å². The zero-order chi connectivity index (χ0) is 28.7. The minimum atomic E-state index is -1.38. The van der Waals surface area contributed by atoms with Crippen molar-refractivity contribution < 1.29 is 33.1 Å². The third kappa shape index (κ3) is 3.88. The summed E-state index contributed by atoms with van der Waals surface area (Å²) >= 11 is 5.90. The third-order valence-electron chi connectivity index (χ3n) is 8.95. The number of amides is 3. The van der Waals surface area contributed by atoms with E-state index >= 15 is 0 Å². The smallest absolute Gasteiger partial charge is 0.322 e. The van der Waals surface area contributed by atoms with Crippen LogP contribution in [-0.4, -0.2) is 75.1 Å². The van der Waals surface area contributed by atoms with Gasteiger partial charge in [-0.3, -0.25) is 28.9 Å². The number of nitrogens with zero attached hydrogens (tertiary/aromatic N) is 3. The second-order valence-corrected chi connectivity index (χ2v) is 11.9. The molecule has 5 aliphatic rings. The van der Waals surface area contributed by atoms with E-state index in [1.54, 1.807) is 11.8 Å². The summed E-state index contributed by atoms with van der Waals surface area (Å²) in [5.74, 6) is -4.91. The first-order valence-corrected chi connectivity index (χ1v) is 14.0. The van der Waals surface area contributed by atoms with Gasteiger partial charge in [-0.15, -0.1) is 0 Å². The van der Waals surface area contributed by atoms with Crippen molar-refractivity contribution in [1.29, 1.82) is 0 Å². The van der Waals surface area contributed by atoms with Crippen molar-refractivity contribution in [2.75, 3.05) is 13.1 Å². The van der Waals surface area contributed by atoms with Gasteiger partial charge < -0.3 is 20.3 Å². The Morgan fingerprint density at radius 1 is 1.23 bits per heavy atom. The average Bonchev–Trinajstić information content (AvgIpc) is 3.55. The van der Waals surface area contributed by atoms with Gasteiger partial charge in [0.25, 0.3) is 11.8 Å². The number of Topliss-reactive ketones (excluding diaryl/α,β-unsaturated/α-hetero) is 1. The van der Waals surface area contributed by atoms with Crippen LogP contribution in [0, 0.1) is 23.6 Å². The molecule has 40 heavy (non-hydrogen) atoms. The predicted molar refractivity (Wildman–Crippen MR) is 138 cm³/mol. The second-order valence-electron chi connectivity index (χ2n) is 11.5. The van der Waals surface area contributed by atoms with E-state index in [0.717, 1.165) is 12.8 Å². The maximum Gasteiger partial charge on any atom is 0.322 e.